The zero-order chi connectivity index (χ0) is 17.8. The van der Waals surface area contributed by atoms with Crippen molar-refractivity contribution in [2.75, 3.05) is 13.1 Å². The fourth-order valence-corrected chi connectivity index (χ4v) is 3.62. The highest BCUT2D eigenvalue weighted by molar-refractivity contribution is 9.10. The summed E-state index contributed by atoms with van der Waals surface area (Å²) in [6.45, 7) is 0.689. The number of aryl methyl sites for hydroxylation is 1. The van der Waals surface area contributed by atoms with Crippen LogP contribution in [0, 0.1) is 0 Å². The van der Waals surface area contributed by atoms with Gasteiger partial charge in [-0.1, -0.05) is 12.8 Å². The summed E-state index contributed by atoms with van der Waals surface area (Å²) in [6.07, 6.45) is 6.16. The average Bonchev–Trinajstić information content (AvgIpc) is 3.14. The van der Waals surface area contributed by atoms with Crippen molar-refractivity contribution in [2.24, 2.45) is 7.05 Å². The molecule has 1 unspecified atom stereocenters. The highest BCUT2D eigenvalue weighted by atomic mass is 79.9. The Kier molecular flexibility index (Phi) is 5.63. The van der Waals surface area contributed by atoms with Crippen LogP contribution in [0.3, 0.4) is 0 Å². The van der Waals surface area contributed by atoms with E-state index in [1.807, 2.05) is 24.2 Å². The highest BCUT2D eigenvalue weighted by Crippen LogP contribution is 2.30. The third-order valence-corrected chi connectivity index (χ3v) is 5.02. The lowest BCUT2D eigenvalue weighted by atomic mass is 10.1. The molecule has 0 spiro atoms. The number of hydrogen-bond acceptors (Lipinski definition) is 3. The van der Waals surface area contributed by atoms with E-state index in [1.165, 1.54) is 0 Å². The number of hydrogen-bond donors (Lipinski definition) is 1. The third kappa shape index (κ3) is 4.15. The van der Waals surface area contributed by atoms with E-state index >= 15 is 0 Å². The first-order chi connectivity index (χ1) is 12.1. The molecule has 1 N–H and O–H groups in total. The van der Waals surface area contributed by atoms with E-state index in [9.17, 15) is 9.59 Å². The monoisotopic (exact) mass is 407 g/mol. The summed E-state index contributed by atoms with van der Waals surface area (Å²) >= 11 is 3.16. The van der Waals surface area contributed by atoms with Crippen molar-refractivity contribution in [2.45, 2.75) is 31.7 Å². The maximum Gasteiger partial charge on any atom is 0.287 e. The average molecular weight is 408 g/mol. The van der Waals surface area contributed by atoms with Gasteiger partial charge >= 0.3 is 0 Å². The molecule has 2 amide bonds. The SMILES string of the molecule is Cn1cccc1C1CCCCCN1C(=O)CNC(=O)c1ccc(Br)o1. The van der Waals surface area contributed by atoms with Crippen LogP contribution in [0.1, 0.15) is 48.0 Å². The molecule has 3 rings (SSSR count). The standard InChI is InChI=1S/C18H22BrN3O3/c1-21-10-5-7-13(21)14-6-3-2-4-11-22(14)17(23)12-20-18(24)15-8-9-16(19)25-15/h5,7-10,14H,2-4,6,11-12H2,1H3,(H,20,24). The smallest absolute Gasteiger partial charge is 0.287 e. The molecule has 25 heavy (non-hydrogen) atoms. The van der Waals surface area contributed by atoms with E-state index in [-0.39, 0.29) is 30.2 Å². The van der Waals surface area contributed by atoms with Crippen molar-refractivity contribution in [1.82, 2.24) is 14.8 Å². The molecule has 1 saturated heterocycles. The second-order valence-corrected chi connectivity index (χ2v) is 7.06. The number of furan rings is 1. The van der Waals surface area contributed by atoms with Crippen molar-refractivity contribution in [3.8, 4) is 0 Å². The first-order valence-corrected chi connectivity index (χ1v) is 9.30. The van der Waals surface area contributed by atoms with E-state index in [4.69, 9.17) is 4.42 Å². The van der Waals surface area contributed by atoms with Crippen molar-refractivity contribution < 1.29 is 14.0 Å². The van der Waals surface area contributed by atoms with Crippen LogP contribution in [0.25, 0.3) is 0 Å². The lowest BCUT2D eigenvalue weighted by Gasteiger charge is -2.30. The number of aromatic nitrogens is 1. The van der Waals surface area contributed by atoms with E-state index in [2.05, 4.69) is 31.9 Å². The van der Waals surface area contributed by atoms with Gasteiger partial charge in [-0.25, -0.2) is 0 Å². The lowest BCUT2D eigenvalue weighted by molar-refractivity contribution is -0.132. The minimum absolute atomic E-state index is 0.0297. The summed E-state index contributed by atoms with van der Waals surface area (Å²) in [7, 11) is 2.00. The van der Waals surface area contributed by atoms with Gasteiger partial charge in [0.2, 0.25) is 5.91 Å². The van der Waals surface area contributed by atoms with Crippen LogP contribution in [-0.4, -0.2) is 34.4 Å². The van der Waals surface area contributed by atoms with E-state index in [1.54, 1.807) is 12.1 Å². The van der Waals surface area contributed by atoms with Gasteiger partial charge in [0.15, 0.2) is 10.4 Å². The maximum absolute atomic E-state index is 12.8. The van der Waals surface area contributed by atoms with E-state index in [0.29, 0.717) is 4.67 Å². The third-order valence-electron chi connectivity index (χ3n) is 4.60. The zero-order valence-corrected chi connectivity index (χ0v) is 15.8. The zero-order valence-electron chi connectivity index (χ0n) is 14.2. The Hall–Kier alpha value is -2.02. The molecular weight excluding hydrogens is 386 g/mol. The van der Waals surface area contributed by atoms with E-state index < -0.39 is 0 Å². The van der Waals surface area contributed by atoms with Gasteiger partial charge in [-0.05, 0) is 53.0 Å². The number of nitrogens with zero attached hydrogens (tertiary/aromatic N) is 2. The second kappa shape index (κ2) is 7.91. The molecule has 7 heteroatoms. The number of nitrogens with one attached hydrogen (secondary N) is 1. The Morgan fingerprint density at radius 2 is 2.12 bits per heavy atom. The summed E-state index contributed by atoms with van der Waals surface area (Å²) < 4.78 is 7.77. The molecule has 1 aliphatic heterocycles. The Bertz CT molecular complexity index is 752. The van der Waals surface area contributed by atoms with Crippen molar-refractivity contribution in [3.63, 3.8) is 0 Å². The minimum atomic E-state index is -0.385. The molecule has 0 aromatic carbocycles. The number of halogens is 1. The van der Waals surface area contributed by atoms with Gasteiger partial charge in [-0.2, -0.15) is 0 Å². The molecule has 0 radical (unpaired) electrons. The number of carbonyl (C=O) groups is 2. The fourth-order valence-electron chi connectivity index (χ4n) is 3.32. The van der Waals surface area contributed by atoms with Gasteiger partial charge in [0, 0.05) is 25.5 Å². The summed E-state index contributed by atoms with van der Waals surface area (Å²) in [5, 5.41) is 2.66. The quantitative estimate of drug-likeness (QED) is 0.845. The van der Waals surface area contributed by atoms with Crippen LogP contribution in [0.5, 0.6) is 0 Å². The van der Waals surface area contributed by atoms with Gasteiger partial charge in [0.1, 0.15) is 0 Å². The van der Waals surface area contributed by atoms with Gasteiger partial charge < -0.3 is 19.2 Å². The topological polar surface area (TPSA) is 67.5 Å². The van der Waals surface area contributed by atoms with Crippen LogP contribution in [0.4, 0.5) is 0 Å². The largest absolute Gasteiger partial charge is 0.444 e. The number of carbonyl (C=O) groups excluding carboxylic acids is 2. The summed E-state index contributed by atoms with van der Waals surface area (Å²) in [4.78, 5) is 26.8. The Morgan fingerprint density at radius 1 is 1.28 bits per heavy atom. The second-order valence-electron chi connectivity index (χ2n) is 6.28. The Morgan fingerprint density at radius 3 is 2.80 bits per heavy atom. The molecule has 1 aliphatic rings. The van der Waals surface area contributed by atoms with Gasteiger partial charge in [-0.3, -0.25) is 9.59 Å². The first-order valence-electron chi connectivity index (χ1n) is 8.50. The van der Waals surface area contributed by atoms with Crippen molar-refractivity contribution in [3.05, 3.63) is 46.6 Å². The lowest BCUT2D eigenvalue weighted by Crippen LogP contribution is -2.42. The molecule has 134 valence electrons. The molecule has 1 atom stereocenters. The van der Waals surface area contributed by atoms with Crippen molar-refractivity contribution in [1.29, 1.82) is 0 Å². The normalized spacial score (nSPS) is 18.0. The minimum Gasteiger partial charge on any atom is -0.444 e. The van der Waals surface area contributed by atoms with Crippen LogP contribution in [-0.2, 0) is 11.8 Å². The molecule has 3 heterocycles. The van der Waals surface area contributed by atoms with Crippen LogP contribution in [0.15, 0.2) is 39.5 Å². The number of likely N-dealkylation sites (tertiary alicyclic amines) is 1. The summed E-state index contributed by atoms with van der Waals surface area (Å²) in [5.74, 6) is -0.258. The van der Waals surface area contributed by atoms with Gasteiger partial charge in [0.25, 0.3) is 5.91 Å². The van der Waals surface area contributed by atoms with Crippen LogP contribution >= 0.6 is 15.9 Å². The number of amides is 2. The molecule has 0 aliphatic carbocycles. The first kappa shape index (κ1) is 17.8. The fraction of sp³-hybridized carbons (Fsp3) is 0.444. The summed E-state index contributed by atoms with van der Waals surface area (Å²) in [6, 6.07) is 7.35. The van der Waals surface area contributed by atoms with Gasteiger partial charge in [0.05, 0.1) is 12.6 Å². The maximum atomic E-state index is 12.8. The molecule has 2 aromatic heterocycles. The molecule has 0 bridgehead atoms. The highest BCUT2D eigenvalue weighted by Gasteiger charge is 2.28. The molecule has 2 aromatic rings. The number of rotatable bonds is 4. The molecule has 1 fully saturated rings. The molecule has 0 saturated carbocycles. The predicted molar refractivity (Wildman–Crippen MR) is 97.1 cm³/mol. The van der Waals surface area contributed by atoms with Crippen LogP contribution in [0.2, 0.25) is 0 Å². The Labute approximate surface area is 155 Å². The predicted octanol–water partition coefficient (Wildman–Crippen LogP) is 3.25. The van der Waals surface area contributed by atoms with Crippen LogP contribution < -0.4 is 5.32 Å². The van der Waals surface area contributed by atoms with Gasteiger partial charge in [-0.15, -0.1) is 0 Å². The molecular formula is C18H22BrN3O3. The molecule has 6 nitrogen and oxygen atoms in total. The summed E-state index contributed by atoms with van der Waals surface area (Å²) in [5.41, 5.74) is 1.14. The van der Waals surface area contributed by atoms with Crippen molar-refractivity contribution >= 4 is 27.7 Å². The Balaban J connectivity index is 1.67. The van der Waals surface area contributed by atoms with E-state index in [0.717, 1.165) is 37.9 Å².